The quantitative estimate of drug-likeness (QED) is 0.765. The van der Waals surface area contributed by atoms with Crippen LogP contribution in [0.3, 0.4) is 0 Å². The van der Waals surface area contributed by atoms with E-state index in [2.05, 4.69) is 5.32 Å². The molecule has 0 radical (unpaired) electrons. The van der Waals surface area contributed by atoms with Crippen molar-refractivity contribution in [1.82, 2.24) is 0 Å². The molecule has 0 aliphatic carbocycles. The Bertz CT molecular complexity index is 951. The molecule has 1 fully saturated rings. The van der Waals surface area contributed by atoms with Gasteiger partial charge < -0.3 is 14.0 Å². The molecule has 0 spiro atoms. The summed E-state index contributed by atoms with van der Waals surface area (Å²) >= 11 is 1.10. The molecule has 1 N–H and O–H groups in total. The summed E-state index contributed by atoms with van der Waals surface area (Å²) in [7, 11) is -0.657. The van der Waals surface area contributed by atoms with Crippen molar-refractivity contribution in [3.8, 4) is 6.07 Å². The van der Waals surface area contributed by atoms with Crippen LogP contribution in [0.5, 0.6) is 0 Å². The number of carbonyl (C=O) groups excluding carboxylic acids is 1. The second-order valence-electron chi connectivity index (χ2n) is 8.50. The van der Waals surface area contributed by atoms with Gasteiger partial charge in [-0.05, 0) is 26.8 Å². The van der Waals surface area contributed by atoms with E-state index in [0.717, 1.165) is 11.3 Å². The normalized spacial score (nSPS) is 16.7. The minimum Gasteiger partial charge on any atom is -0.444 e. The highest BCUT2D eigenvalue weighted by molar-refractivity contribution is 7.24. The largest absolute Gasteiger partial charge is 0.495 e. The summed E-state index contributed by atoms with van der Waals surface area (Å²) in [6, 6.07) is 4.87. The van der Waals surface area contributed by atoms with Gasteiger partial charge in [-0.2, -0.15) is 5.26 Å². The fourth-order valence-electron chi connectivity index (χ4n) is 2.83. The van der Waals surface area contributed by atoms with Gasteiger partial charge in [0.2, 0.25) is 0 Å². The van der Waals surface area contributed by atoms with E-state index in [1.807, 2.05) is 19.9 Å². The molecule has 1 aromatic carbocycles. The van der Waals surface area contributed by atoms with Crippen LogP contribution >= 0.6 is 11.3 Å². The van der Waals surface area contributed by atoms with E-state index < -0.39 is 24.6 Å². The van der Waals surface area contributed by atoms with E-state index in [0.29, 0.717) is 23.4 Å². The van der Waals surface area contributed by atoms with Crippen LogP contribution in [0.25, 0.3) is 10.1 Å². The van der Waals surface area contributed by atoms with E-state index >= 15 is 0 Å². The van der Waals surface area contributed by atoms with Gasteiger partial charge in [-0.15, -0.1) is 11.3 Å². The molecule has 1 saturated heterocycles. The summed E-state index contributed by atoms with van der Waals surface area (Å²) in [5, 5.41) is 12.5. The lowest BCUT2D eigenvalue weighted by atomic mass is 9.75. The number of ether oxygens (including phenoxy) is 1. The van der Waals surface area contributed by atoms with Crippen molar-refractivity contribution in [3.05, 3.63) is 23.5 Å². The predicted octanol–water partition coefficient (Wildman–Crippen LogP) is 4.03. The minimum atomic E-state index is -0.704. The molecule has 0 saturated carbocycles. The summed E-state index contributed by atoms with van der Waals surface area (Å²) in [5.74, 6) is -0.542. The van der Waals surface area contributed by atoms with Gasteiger partial charge in [-0.25, -0.2) is 9.18 Å². The van der Waals surface area contributed by atoms with Gasteiger partial charge in [0.15, 0.2) is 0 Å². The van der Waals surface area contributed by atoms with Crippen molar-refractivity contribution in [2.75, 3.05) is 18.5 Å². The molecule has 2 aromatic rings. The summed E-state index contributed by atoms with van der Waals surface area (Å²) in [6.07, 6.45) is -0.704. The maximum atomic E-state index is 14.6. The molecule has 1 aliphatic heterocycles. The third kappa shape index (κ3) is 4.30. The number of hydrogen-bond acceptors (Lipinski definition) is 6. The molecule has 148 valence electrons. The highest BCUT2D eigenvalue weighted by Gasteiger charge is 2.36. The number of rotatable bonds is 2. The molecule has 9 heteroatoms. The number of nitrogens with zero attached hydrogens (tertiary/aromatic N) is 1. The van der Waals surface area contributed by atoms with Crippen LogP contribution in [0.4, 0.5) is 14.2 Å². The summed E-state index contributed by atoms with van der Waals surface area (Å²) in [5.41, 5.74) is -0.112. The fraction of sp³-hybridized carbons (Fsp3) is 0.474. The summed E-state index contributed by atoms with van der Waals surface area (Å²) < 4.78 is 32.0. The van der Waals surface area contributed by atoms with Gasteiger partial charge in [0.1, 0.15) is 22.5 Å². The van der Waals surface area contributed by atoms with Crippen LogP contribution < -0.4 is 10.8 Å². The first kappa shape index (κ1) is 20.6. The molecular formula is C19H22BFN2O4S. The second kappa shape index (κ2) is 7.35. The summed E-state index contributed by atoms with van der Waals surface area (Å²) in [6.45, 7) is 10.3. The number of carbonyl (C=O) groups is 1. The topological polar surface area (TPSA) is 80.6 Å². The molecule has 1 aliphatic rings. The number of benzene rings is 1. The highest BCUT2D eigenvalue weighted by atomic mass is 32.1. The fourth-order valence-corrected chi connectivity index (χ4v) is 4.00. The van der Waals surface area contributed by atoms with Gasteiger partial charge in [0.05, 0.1) is 5.56 Å². The number of nitrogens with one attached hydrogen (secondary N) is 1. The first-order valence-corrected chi connectivity index (χ1v) is 9.70. The molecular weight excluding hydrogens is 382 g/mol. The Labute approximate surface area is 167 Å². The van der Waals surface area contributed by atoms with Crippen LogP contribution in [0.2, 0.25) is 0 Å². The molecule has 1 aromatic heterocycles. The average Bonchev–Trinajstić information content (AvgIpc) is 2.92. The Balaban J connectivity index is 2.00. The lowest BCUT2D eigenvalue weighted by molar-refractivity contribution is 0.0344. The number of hydrogen-bond donors (Lipinski definition) is 1. The number of halogens is 1. The van der Waals surface area contributed by atoms with Gasteiger partial charge in [-0.3, -0.25) is 5.32 Å². The second-order valence-corrected chi connectivity index (χ2v) is 9.52. The van der Waals surface area contributed by atoms with Crippen molar-refractivity contribution in [1.29, 1.82) is 5.26 Å². The first-order valence-electron chi connectivity index (χ1n) is 8.89. The van der Waals surface area contributed by atoms with Crippen LogP contribution in [0, 0.1) is 22.6 Å². The number of fused-ring (bicyclic) bond motifs is 1. The lowest BCUT2D eigenvalue weighted by Crippen LogP contribution is -2.47. The summed E-state index contributed by atoms with van der Waals surface area (Å²) in [4.78, 5) is 12.1. The zero-order chi connectivity index (χ0) is 20.7. The first-order chi connectivity index (χ1) is 13.0. The SMILES string of the molecule is CC1(C)COB(c2ccc(F)c3c(C#N)c(NC(=O)OC(C)(C)C)sc23)OC1. The van der Waals surface area contributed by atoms with E-state index in [-0.39, 0.29) is 21.4 Å². The van der Waals surface area contributed by atoms with Crippen LogP contribution in [-0.4, -0.2) is 32.0 Å². The number of nitriles is 1. The van der Waals surface area contributed by atoms with Crippen LogP contribution in [-0.2, 0) is 14.0 Å². The molecule has 0 unspecified atom stereocenters. The Morgan fingerprint density at radius 3 is 2.57 bits per heavy atom. The molecule has 0 bridgehead atoms. The molecule has 2 heterocycles. The zero-order valence-electron chi connectivity index (χ0n) is 16.5. The molecule has 28 heavy (non-hydrogen) atoms. The number of anilines is 1. The average molecular weight is 404 g/mol. The van der Waals surface area contributed by atoms with Crippen molar-refractivity contribution in [2.24, 2.45) is 5.41 Å². The van der Waals surface area contributed by atoms with Gasteiger partial charge in [0.25, 0.3) is 0 Å². The number of amides is 1. The lowest BCUT2D eigenvalue weighted by Gasteiger charge is -2.33. The maximum Gasteiger partial charge on any atom is 0.495 e. The Hall–Kier alpha value is -2.15. The smallest absolute Gasteiger partial charge is 0.444 e. The van der Waals surface area contributed by atoms with Gasteiger partial charge >= 0.3 is 13.2 Å². The van der Waals surface area contributed by atoms with Crippen molar-refractivity contribution < 1.29 is 23.2 Å². The number of thiophene rings is 1. The van der Waals surface area contributed by atoms with E-state index in [4.69, 9.17) is 14.0 Å². The standard InChI is InChI=1S/C19H22BFN2O4S/c1-18(2,3)27-17(24)23-16-11(8-22)14-13(21)7-6-12(15(14)28-16)20-25-9-19(4,5)10-26-20/h6-7H,9-10H2,1-5H3,(H,23,24). The predicted molar refractivity (Wildman–Crippen MR) is 107 cm³/mol. The monoisotopic (exact) mass is 404 g/mol. The van der Waals surface area contributed by atoms with E-state index in [1.54, 1.807) is 26.8 Å². The van der Waals surface area contributed by atoms with E-state index in [9.17, 15) is 14.4 Å². The highest BCUT2D eigenvalue weighted by Crippen LogP contribution is 2.37. The van der Waals surface area contributed by atoms with Crippen molar-refractivity contribution in [2.45, 2.75) is 40.2 Å². The van der Waals surface area contributed by atoms with Crippen molar-refractivity contribution in [3.63, 3.8) is 0 Å². The molecule has 6 nitrogen and oxygen atoms in total. The Kier molecular flexibility index (Phi) is 5.41. The van der Waals surface area contributed by atoms with E-state index in [1.165, 1.54) is 6.07 Å². The third-order valence-corrected chi connectivity index (χ3v) is 5.20. The Morgan fingerprint density at radius 1 is 1.36 bits per heavy atom. The third-order valence-electron chi connectivity index (χ3n) is 4.05. The van der Waals surface area contributed by atoms with Gasteiger partial charge in [0, 0.05) is 34.2 Å². The molecule has 0 atom stereocenters. The molecule has 1 amide bonds. The minimum absolute atomic E-state index is 0.0568. The Morgan fingerprint density at radius 2 is 2.00 bits per heavy atom. The maximum absolute atomic E-state index is 14.6. The molecule has 3 rings (SSSR count). The van der Waals surface area contributed by atoms with Crippen LogP contribution in [0.1, 0.15) is 40.2 Å². The van der Waals surface area contributed by atoms with Gasteiger partial charge in [-0.1, -0.05) is 19.9 Å². The van der Waals surface area contributed by atoms with Crippen molar-refractivity contribution >= 4 is 45.1 Å². The van der Waals surface area contributed by atoms with Crippen LogP contribution in [0.15, 0.2) is 12.1 Å². The zero-order valence-corrected chi connectivity index (χ0v) is 17.3.